The fourth-order valence-electron chi connectivity index (χ4n) is 4.38. The van der Waals surface area contributed by atoms with Crippen LogP contribution in [0.2, 0.25) is 0 Å². The number of nitrogens with one attached hydrogen (secondary N) is 2. The normalized spacial score (nSPS) is 11.9. The molecule has 1 atom stereocenters. The molecule has 5 aromatic rings. The number of nitrogen functional groups attached to an aromatic ring is 1. The maximum atomic E-state index is 12.3. The summed E-state index contributed by atoms with van der Waals surface area (Å²) in [6, 6.07) is 16.9. The van der Waals surface area contributed by atoms with Gasteiger partial charge in [-0.2, -0.15) is 5.10 Å². The first kappa shape index (κ1) is 23.9. The smallest absolute Gasteiger partial charge is 0.269 e. The summed E-state index contributed by atoms with van der Waals surface area (Å²) in [5.74, 6) is -0.422. The summed E-state index contributed by atoms with van der Waals surface area (Å²) in [7, 11) is 0. The van der Waals surface area contributed by atoms with Crippen LogP contribution in [-0.2, 0) is 6.42 Å². The number of nitrogens with two attached hydrogens (primary N) is 2. The molecule has 3 aromatic heterocycles. The van der Waals surface area contributed by atoms with Gasteiger partial charge in [-0.3, -0.25) is 9.89 Å². The number of hydrogen-bond acceptors (Lipinski definition) is 8. The highest BCUT2D eigenvalue weighted by atomic mass is 16.3. The van der Waals surface area contributed by atoms with Gasteiger partial charge < -0.3 is 21.9 Å². The molecule has 7 N–H and O–H groups in total. The van der Waals surface area contributed by atoms with Crippen LogP contribution in [0.4, 0.5) is 11.6 Å². The number of anilines is 2. The minimum absolute atomic E-state index is 0.0437. The van der Waals surface area contributed by atoms with E-state index in [1.165, 1.54) is 0 Å². The van der Waals surface area contributed by atoms with E-state index >= 15 is 0 Å². The highest BCUT2D eigenvalue weighted by Crippen LogP contribution is 2.37. The van der Waals surface area contributed by atoms with Gasteiger partial charge in [0.1, 0.15) is 0 Å². The quantitative estimate of drug-likeness (QED) is 0.219. The van der Waals surface area contributed by atoms with Crippen LogP contribution in [0.5, 0.6) is 0 Å². The molecule has 0 spiro atoms. The van der Waals surface area contributed by atoms with Gasteiger partial charge in [-0.15, -0.1) is 0 Å². The zero-order valence-electron chi connectivity index (χ0n) is 20.1. The third-order valence-electron chi connectivity index (χ3n) is 6.19. The number of benzene rings is 2. The first-order valence-electron chi connectivity index (χ1n) is 11.7. The number of H-pyrrole nitrogens is 1. The second-order valence-electron chi connectivity index (χ2n) is 8.75. The van der Waals surface area contributed by atoms with E-state index in [9.17, 15) is 9.90 Å². The second kappa shape index (κ2) is 10.0. The summed E-state index contributed by atoms with van der Waals surface area (Å²) in [5, 5.41) is 21.1. The Morgan fingerprint density at radius 2 is 1.92 bits per heavy atom. The van der Waals surface area contributed by atoms with Gasteiger partial charge >= 0.3 is 0 Å². The maximum absolute atomic E-state index is 12.3. The predicted octanol–water partition coefficient (Wildman–Crippen LogP) is 3.09. The van der Waals surface area contributed by atoms with E-state index in [1.807, 2.05) is 49.4 Å². The fraction of sp³-hybridized carbons (Fsp3) is 0.148. The van der Waals surface area contributed by atoms with Crippen LogP contribution >= 0.6 is 0 Å². The summed E-state index contributed by atoms with van der Waals surface area (Å²) in [4.78, 5) is 25.7. The van der Waals surface area contributed by atoms with Gasteiger partial charge in [-0.1, -0.05) is 36.4 Å². The van der Waals surface area contributed by atoms with E-state index in [-0.39, 0.29) is 24.0 Å². The molecule has 0 aliphatic heterocycles. The fourth-order valence-corrected chi connectivity index (χ4v) is 4.38. The minimum atomic E-state index is -0.742. The Morgan fingerprint density at radius 1 is 1.11 bits per heavy atom. The van der Waals surface area contributed by atoms with Gasteiger partial charge in [0, 0.05) is 17.1 Å². The highest BCUT2D eigenvalue weighted by Gasteiger charge is 2.21. The summed E-state index contributed by atoms with van der Waals surface area (Å²) >= 11 is 0. The van der Waals surface area contributed by atoms with Gasteiger partial charge in [0.15, 0.2) is 5.69 Å². The van der Waals surface area contributed by atoms with Crippen LogP contribution < -0.4 is 16.8 Å². The number of fused-ring (bicyclic) bond motifs is 1. The number of aliphatic hydroxyl groups is 1. The maximum Gasteiger partial charge on any atom is 0.269 e. The molecule has 0 saturated carbocycles. The molecule has 1 amide bonds. The molecule has 0 bridgehead atoms. The van der Waals surface area contributed by atoms with E-state index in [4.69, 9.17) is 11.5 Å². The lowest BCUT2D eigenvalue weighted by molar-refractivity contribution is 0.0996. The zero-order valence-corrected chi connectivity index (χ0v) is 20.1. The number of primary amides is 1. The van der Waals surface area contributed by atoms with E-state index in [2.05, 4.69) is 30.5 Å². The number of pyridine rings is 1. The summed E-state index contributed by atoms with van der Waals surface area (Å²) in [6.45, 7) is 1.85. The van der Waals surface area contributed by atoms with Crippen molar-refractivity contribution in [1.29, 1.82) is 0 Å². The van der Waals surface area contributed by atoms with Crippen LogP contribution in [0.25, 0.3) is 33.4 Å². The summed E-state index contributed by atoms with van der Waals surface area (Å²) < 4.78 is 0. The number of carbonyl (C=O) groups is 1. The number of rotatable bonds is 8. The Morgan fingerprint density at radius 3 is 2.68 bits per heavy atom. The molecule has 3 heterocycles. The second-order valence-corrected chi connectivity index (χ2v) is 8.75. The van der Waals surface area contributed by atoms with Crippen molar-refractivity contribution in [2.45, 2.75) is 19.4 Å². The summed E-state index contributed by atoms with van der Waals surface area (Å²) in [5.41, 5.74) is 17.4. The Balaban J connectivity index is 1.56. The molecular formula is C27H26N8O2. The van der Waals surface area contributed by atoms with Crippen molar-refractivity contribution in [1.82, 2.24) is 25.1 Å². The third-order valence-corrected chi connectivity index (χ3v) is 6.19. The third kappa shape index (κ3) is 4.82. The Hall–Kier alpha value is -4.83. The van der Waals surface area contributed by atoms with Crippen LogP contribution in [0.1, 0.15) is 21.6 Å². The average Bonchev–Trinajstić information content (AvgIpc) is 3.38. The van der Waals surface area contributed by atoms with E-state index in [0.717, 1.165) is 27.6 Å². The van der Waals surface area contributed by atoms with Crippen LogP contribution in [0, 0.1) is 6.92 Å². The van der Waals surface area contributed by atoms with Crippen molar-refractivity contribution < 1.29 is 9.90 Å². The van der Waals surface area contributed by atoms with Gasteiger partial charge in [0.05, 0.1) is 41.4 Å². The molecule has 0 saturated heterocycles. The molecule has 0 unspecified atom stereocenters. The lowest BCUT2D eigenvalue weighted by Crippen LogP contribution is -2.27. The van der Waals surface area contributed by atoms with Crippen molar-refractivity contribution in [2.24, 2.45) is 5.73 Å². The first-order chi connectivity index (χ1) is 17.9. The molecule has 10 heteroatoms. The van der Waals surface area contributed by atoms with Crippen molar-refractivity contribution in [3.63, 3.8) is 0 Å². The monoisotopic (exact) mass is 494 g/mol. The highest BCUT2D eigenvalue weighted by molar-refractivity contribution is 6.05. The van der Waals surface area contributed by atoms with Gasteiger partial charge in [-0.05, 0) is 48.2 Å². The van der Waals surface area contributed by atoms with Crippen molar-refractivity contribution >= 4 is 28.4 Å². The standard InChI is InChI=1S/C27H26N8O2/c1-15-7-8-20-19(13-31-35-20)23(15)18-12-22(33-25(24(18)28)26(29)37)21-9-10-30-27(34-21)32-17(14-36)11-16-5-3-2-4-6-16/h2-10,12-13,17,36H,11,14,28H2,1H3,(H2,29,37)(H,31,35)(H,30,32,34)/t17-/m1/s1. The molecule has 2 aromatic carbocycles. The van der Waals surface area contributed by atoms with E-state index < -0.39 is 5.91 Å². The number of aromatic amines is 1. The number of aliphatic hydroxyl groups excluding tert-OH is 1. The lowest BCUT2D eigenvalue weighted by atomic mass is 9.94. The summed E-state index contributed by atoms with van der Waals surface area (Å²) in [6.07, 6.45) is 3.90. The molecule has 37 heavy (non-hydrogen) atoms. The predicted molar refractivity (Wildman–Crippen MR) is 143 cm³/mol. The molecule has 0 aliphatic rings. The van der Waals surface area contributed by atoms with Crippen molar-refractivity contribution in [3.05, 3.63) is 83.8 Å². The molecule has 186 valence electrons. The largest absolute Gasteiger partial charge is 0.396 e. The molecule has 0 aliphatic carbocycles. The Kier molecular flexibility index (Phi) is 6.48. The van der Waals surface area contributed by atoms with Crippen molar-refractivity contribution in [3.8, 4) is 22.5 Å². The van der Waals surface area contributed by atoms with E-state index in [0.29, 0.717) is 29.3 Å². The number of aromatic nitrogens is 5. The number of carbonyl (C=O) groups excluding carboxylic acids is 1. The SMILES string of the molecule is Cc1ccc2[nH]ncc2c1-c1cc(-c2ccnc(N[C@@H](CO)Cc3ccccc3)n2)nc(C(N)=O)c1N. The first-order valence-corrected chi connectivity index (χ1v) is 11.7. The van der Waals surface area contributed by atoms with Crippen LogP contribution in [0.15, 0.2) is 67.0 Å². The number of amides is 1. The number of aryl methyl sites for hydroxylation is 1. The molecule has 0 radical (unpaired) electrons. The van der Waals surface area contributed by atoms with E-state index in [1.54, 1.807) is 24.5 Å². The molecule has 10 nitrogen and oxygen atoms in total. The van der Waals surface area contributed by atoms with Gasteiger partial charge in [0.25, 0.3) is 5.91 Å². The minimum Gasteiger partial charge on any atom is -0.396 e. The lowest BCUT2D eigenvalue weighted by Gasteiger charge is -2.17. The Labute approximate surface area is 212 Å². The number of hydrogen-bond donors (Lipinski definition) is 5. The van der Waals surface area contributed by atoms with Crippen molar-refractivity contribution in [2.75, 3.05) is 17.7 Å². The van der Waals surface area contributed by atoms with Gasteiger partial charge in [0.2, 0.25) is 5.95 Å². The molecule has 0 fully saturated rings. The van der Waals surface area contributed by atoms with Crippen LogP contribution in [0.3, 0.4) is 0 Å². The molecular weight excluding hydrogens is 468 g/mol. The average molecular weight is 495 g/mol. The Bertz CT molecular complexity index is 1580. The number of nitrogens with zero attached hydrogens (tertiary/aromatic N) is 4. The topological polar surface area (TPSA) is 169 Å². The molecule has 5 rings (SSSR count). The zero-order chi connectivity index (χ0) is 25.9. The van der Waals surface area contributed by atoms with Crippen LogP contribution in [-0.4, -0.2) is 48.8 Å². The van der Waals surface area contributed by atoms with Gasteiger partial charge in [-0.25, -0.2) is 15.0 Å².